The molecule has 0 aromatic carbocycles. The highest BCUT2D eigenvalue weighted by molar-refractivity contribution is 6.05. The number of nitrogens with zero attached hydrogens (tertiary/aromatic N) is 2. The maximum Gasteiger partial charge on any atom is 0.248 e. The summed E-state index contributed by atoms with van der Waals surface area (Å²) in [5.74, 6) is 0.365. The van der Waals surface area contributed by atoms with E-state index in [9.17, 15) is 9.90 Å². The van der Waals surface area contributed by atoms with Crippen LogP contribution in [0.2, 0.25) is 0 Å². The van der Waals surface area contributed by atoms with E-state index in [0.717, 1.165) is 31.4 Å². The smallest absolute Gasteiger partial charge is 0.248 e. The summed E-state index contributed by atoms with van der Waals surface area (Å²) in [6, 6.07) is -0.0856. The highest BCUT2D eigenvalue weighted by Gasteiger charge is 2.36. The molecule has 0 saturated heterocycles. The summed E-state index contributed by atoms with van der Waals surface area (Å²) in [5, 5.41) is 15.8. The Bertz CT molecular complexity index is 312. The van der Waals surface area contributed by atoms with Crippen LogP contribution < -0.4 is 0 Å². The topological polar surface area (TPSA) is 52.9 Å². The molecular formula is C12H20N2O2. The van der Waals surface area contributed by atoms with Crippen molar-refractivity contribution < 1.29 is 9.90 Å². The number of hydrogen-bond donors (Lipinski definition) is 1. The number of aliphatic hydroxyl groups is 1. The Morgan fingerprint density at radius 1 is 1.38 bits per heavy atom. The molecule has 0 aromatic rings. The summed E-state index contributed by atoms with van der Waals surface area (Å²) in [6.07, 6.45) is 3.84. The second-order valence-corrected chi connectivity index (χ2v) is 5.08. The summed E-state index contributed by atoms with van der Waals surface area (Å²) in [7, 11) is 0. The molecule has 4 heteroatoms. The second-order valence-electron chi connectivity index (χ2n) is 5.08. The van der Waals surface area contributed by atoms with Gasteiger partial charge in [0.25, 0.3) is 0 Å². The molecule has 2 aliphatic rings. The van der Waals surface area contributed by atoms with Crippen molar-refractivity contribution in [1.82, 2.24) is 5.01 Å². The Balaban J connectivity index is 2.11. The maximum absolute atomic E-state index is 11.8. The first-order chi connectivity index (χ1) is 7.59. The number of hydrazone groups is 1. The Kier molecular flexibility index (Phi) is 3.28. The Morgan fingerprint density at radius 2 is 2.06 bits per heavy atom. The van der Waals surface area contributed by atoms with Crippen LogP contribution in [0.15, 0.2) is 5.10 Å². The predicted octanol–water partition coefficient (Wildman–Crippen LogP) is 1.53. The van der Waals surface area contributed by atoms with Crippen molar-refractivity contribution in [3.63, 3.8) is 0 Å². The van der Waals surface area contributed by atoms with Crippen LogP contribution in [-0.4, -0.2) is 33.9 Å². The van der Waals surface area contributed by atoms with E-state index < -0.39 is 6.10 Å². The molecule has 0 aromatic heterocycles. The summed E-state index contributed by atoms with van der Waals surface area (Å²) in [4.78, 5) is 11.8. The number of rotatable bonds is 2. The third-order valence-electron chi connectivity index (χ3n) is 3.50. The van der Waals surface area contributed by atoms with Crippen LogP contribution >= 0.6 is 0 Å². The number of aliphatic hydroxyl groups excluding tert-OH is 1. The molecule has 90 valence electrons. The molecule has 0 spiro atoms. The Morgan fingerprint density at radius 3 is 2.62 bits per heavy atom. The predicted molar refractivity (Wildman–Crippen MR) is 62.0 cm³/mol. The van der Waals surface area contributed by atoms with Crippen LogP contribution in [0.25, 0.3) is 0 Å². The van der Waals surface area contributed by atoms with E-state index in [-0.39, 0.29) is 11.9 Å². The summed E-state index contributed by atoms with van der Waals surface area (Å²) in [5.41, 5.74) is 0.947. The van der Waals surface area contributed by atoms with E-state index in [0.29, 0.717) is 12.3 Å². The highest BCUT2D eigenvalue weighted by atomic mass is 16.3. The van der Waals surface area contributed by atoms with E-state index in [2.05, 4.69) is 5.10 Å². The zero-order valence-electron chi connectivity index (χ0n) is 10.0. The zero-order valence-corrected chi connectivity index (χ0v) is 10.0. The lowest BCUT2D eigenvalue weighted by atomic mass is 9.92. The molecule has 1 fully saturated rings. The molecule has 1 heterocycles. The molecule has 16 heavy (non-hydrogen) atoms. The third kappa shape index (κ3) is 2.12. The van der Waals surface area contributed by atoms with Gasteiger partial charge >= 0.3 is 0 Å². The van der Waals surface area contributed by atoms with Crippen molar-refractivity contribution >= 4 is 11.6 Å². The van der Waals surface area contributed by atoms with Gasteiger partial charge in [-0.15, -0.1) is 0 Å². The summed E-state index contributed by atoms with van der Waals surface area (Å²) < 4.78 is 0. The van der Waals surface area contributed by atoms with Gasteiger partial charge in [-0.3, -0.25) is 4.79 Å². The van der Waals surface area contributed by atoms with Gasteiger partial charge < -0.3 is 5.11 Å². The molecule has 1 N–H and O–H groups in total. The molecule has 0 unspecified atom stereocenters. The van der Waals surface area contributed by atoms with Crippen LogP contribution in [0.4, 0.5) is 0 Å². The molecule has 0 bridgehead atoms. The monoisotopic (exact) mass is 224 g/mol. The van der Waals surface area contributed by atoms with Gasteiger partial charge in [0.1, 0.15) is 0 Å². The average Bonchev–Trinajstić information content (AvgIpc) is 2.61. The number of hydrogen-bond acceptors (Lipinski definition) is 3. The van der Waals surface area contributed by atoms with Crippen LogP contribution in [0.3, 0.4) is 0 Å². The van der Waals surface area contributed by atoms with Gasteiger partial charge in [0, 0.05) is 0 Å². The minimum absolute atomic E-state index is 0.0506. The summed E-state index contributed by atoms with van der Waals surface area (Å²) in [6.45, 7) is 4.10. The fourth-order valence-corrected chi connectivity index (χ4v) is 2.42. The van der Waals surface area contributed by atoms with Gasteiger partial charge in [0.05, 0.1) is 24.3 Å². The first-order valence-electron chi connectivity index (χ1n) is 6.17. The van der Waals surface area contributed by atoms with Crippen molar-refractivity contribution in [2.75, 3.05) is 0 Å². The van der Waals surface area contributed by atoms with Gasteiger partial charge in [-0.2, -0.15) is 5.10 Å². The lowest BCUT2D eigenvalue weighted by Gasteiger charge is -2.32. The van der Waals surface area contributed by atoms with Crippen molar-refractivity contribution in [3.05, 3.63) is 0 Å². The lowest BCUT2D eigenvalue weighted by Crippen LogP contribution is -2.43. The Hall–Kier alpha value is -0.900. The second kappa shape index (κ2) is 4.53. The van der Waals surface area contributed by atoms with E-state index in [1.54, 1.807) is 5.01 Å². The third-order valence-corrected chi connectivity index (χ3v) is 3.50. The zero-order chi connectivity index (χ0) is 11.7. The minimum atomic E-state index is -0.395. The standard InChI is InChI=1S/C12H20N2O2/c1-8(2)9-7-12(16)14(13-9)10-5-3-4-6-11(10)15/h8,10-11,15H,3-7H2,1-2H3/t10-,11-/m0/s1. The molecule has 1 aliphatic carbocycles. The number of carbonyl (C=O) groups excluding carboxylic acids is 1. The van der Waals surface area contributed by atoms with E-state index in [4.69, 9.17) is 0 Å². The molecule has 2 rings (SSSR count). The highest BCUT2D eigenvalue weighted by Crippen LogP contribution is 2.27. The van der Waals surface area contributed by atoms with Crippen LogP contribution in [-0.2, 0) is 4.79 Å². The molecule has 1 amide bonds. The van der Waals surface area contributed by atoms with E-state index in [1.165, 1.54) is 0 Å². The van der Waals surface area contributed by atoms with Crippen molar-refractivity contribution in [3.8, 4) is 0 Å². The van der Waals surface area contributed by atoms with Crippen LogP contribution in [0, 0.1) is 5.92 Å². The van der Waals surface area contributed by atoms with E-state index >= 15 is 0 Å². The number of carbonyl (C=O) groups is 1. The molecule has 0 radical (unpaired) electrons. The van der Waals surface area contributed by atoms with Gasteiger partial charge in [0.15, 0.2) is 0 Å². The van der Waals surface area contributed by atoms with Gasteiger partial charge in [-0.25, -0.2) is 5.01 Å². The van der Waals surface area contributed by atoms with Gasteiger partial charge in [-0.1, -0.05) is 26.7 Å². The molecular weight excluding hydrogens is 204 g/mol. The molecule has 4 nitrogen and oxygen atoms in total. The largest absolute Gasteiger partial charge is 0.391 e. The van der Waals surface area contributed by atoms with Gasteiger partial charge in [0.2, 0.25) is 5.91 Å². The quantitative estimate of drug-likeness (QED) is 0.773. The minimum Gasteiger partial charge on any atom is -0.391 e. The fourth-order valence-electron chi connectivity index (χ4n) is 2.42. The first kappa shape index (κ1) is 11.6. The van der Waals surface area contributed by atoms with Crippen molar-refractivity contribution in [2.24, 2.45) is 11.0 Å². The Labute approximate surface area is 96.3 Å². The van der Waals surface area contributed by atoms with Crippen LogP contribution in [0.5, 0.6) is 0 Å². The summed E-state index contributed by atoms with van der Waals surface area (Å²) >= 11 is 0. The maximum atomic E-state index is 11.8. The SMILES string of the molecule is CC(C)C1=NN([C@H]2CCCC[C@@H]2O)C(=O)C1. The fraction of sp³-hybridized carbons (Fsp3) is 0.833. The van der Waals surface area contributed by atoms with Crippen LogP contribution in [0.1, 0.15) is 46.0 Å². The van der Waals surface area contributed by atoms with E-state index in [1.807, 2.05) is 13.8 Å². The molecule has 2 atom stereocenters. The average molecular weight is 224 g/mol. The van der Waals surface area contributed by atoms with Gasteiger partial charge in [-0.05, 0) is 18.8 Å². The first-order valence-corrected chi connectivity index (χ1v) is 6.17. The normalized spacial score (nSPS) is 31.1. The number of amides is 1. The lowest BCUT2D eigenvalue weighted by molar-refractivity contribution is -0.134. The van der Waals surface area contributed by atoms with Crippen molar-refractivity contribution in [2.45, 2.75) is 58.1 Å². The molecule has 1 aliphatic heterocycles. The van der Waals surface area contributed by atoms with Crippen molar-refractivity contribution in [1.29, 1.82) is 0 Å². The molecule has 1 saturated carbocycles.